The topological polar surface area (TPSA) is 67.6 Å². The van der Waals surface area contributed by atoms with Gasteiger partial charge in [0.15, 0.2) is 0 Å². The molecule has 0 saturated carbocycles. The first-order chi connectivity index (χ1) is 3.43. The molecule has 0 spiro atoms. The van der Waals surface area contributed by atoms with Crippen molar-refractivity contribution < 1.29 is 0 Å². The van der Waals surface area contributed by atoms with Gasteiger partial charge in [-0.05, 0) is 0 Å². The number of nitrogens with zero attached hydrogens (tertiary/aromatic N) is 2. The van der Waals surface area contributed by atoms with Crippen LogP contribution in [-0.2, 0) is 6.54 Å². The first kappa shape index (κ1) is 11.5. The van der Waals surface area contributed by atoms with E-state index in [-0.39, 0.29) is 24.8 Å². The fraction of sp³-hybridized carbons (Fsp3) is 0.333. The van der Waals surface area contributed by atoms with Gasteiger partial charge in [-0.2, -0.15) is 5.10 Å². The molecule has 9 heavy (non-hydrogen) atoms. The number of aromatic nitrogens is 3. The lowest BCUT2D eigenvalue weighted by molar-refractivity contribution is 0.917. The van der Waals surface area contributed by atoms with Gasteiger partial charge in [-0.15, -0.1) is 24.8 Å². The Labute approximate surface area is 65.1 Å². The molecule has 0 bridgehead atoms. The summed E-state index contributed by atoms with van der Waals surface area (Å²) in [5, 5.41) is 6.18. The highest BCUT2D eigenvalue weighted by Gasteiger charge is 1.84. The summed E-state index contributed by atoms with van der Waals surface area (Å²) >= 11 is 0. The van der Waals surface area contributed by atoms with Gasteiger partial charge in [0.05, 0.1) is 6.54 Å². The second kappa shape index (κ2) is 5.81. The van der Waals surface area contributed by atoms with Gasteiger partial charge in [0.25, 0.3) is 0 Å². The van der Waals surface area contributed by atoms with Gasteiger partial charge in [0.2, 0.25) is 0 Å². The van der Waals surface area contributed by atoms with E-state index in [1.54, 1.807) is 0 Å². The van der Waals surface area contributed by atoms with Crippen molar-refractivity contribution in [3.63, 3.8) is 0 Å². The van der Waals surface area contributed by atoms with Crippen molar-refractivity contribution in [2.24, 2.45) is 5.73 Å². The van der Waals surface area contributed by atoms with E-state index < -0.39 is 0 Å². The van der Waals surface area contributed by atoms with Gasteiger partial charge in [-0.3, -0.25) is 5.10 Å². The minimum Gasteiger partial charge on any atom is -0.324 e. The number of nitrogens with two attached hydrogens (primary N) is 1. The van der Waals surface area contributed by atoms with Crippen LogP contribution in [0.25, 0.3) is 0 Å². The summed E-state index contributed by atoms with van der Waals surface area (Å²) in [7, 11) is 0. The van der Waals surface area contributed by atoms with Crippen LogP contribution in [0.3, 0.4) is 0 Å². The largest absolute Gasteiger partial charge is 0.324 e. The molecular weight excluding hydrogens is 163 g/mol. The third kappa shape index (κ3) is 3.29. The van der Waals surface area contributed by atoms with Crippen LogP contribution in [0.4, 0.5) is 0 Å². The number of hydrogen-bond donors (Lipinski definition) is 2. The minimum atomic E-state index is 0. The van der Waals surface area contributed by atoms with Crippen LogP contribution >= 0.6 is 24.8 Å². The summed E-state index contributed by atoms with van der Waals surface area (Å²) in [6.45, 7) is 0.431. The number of rotatable bonds is 1. The Balaban J connectivity index is 0. The average molecular weight is 171 g/mol. The van der Waals surface area contributed by atoms with Crippen molar-refractivity contribution in [1.29, 1.82) is 0 Å². The molecule has 0 atom stereocenters. The molecule has 6 heteroatoms. The SMILES string of the molecule is Cl.Cl.NCc1ncn[nH]1. The third-order valence-corrected chi connectivity index (χ3v) is 0.658. The van der Waals surface area contributed by atoms with Crippen molar-refractivity contribution >= 4 is 24.8 Å². The van der Waals surface area contributed by atoms with Crippen LogP contribution in [0, 0.1) is 0 Å². The Morgan fingerprint density at radius 1 is 1.56 bits per heavy atom. The molecule has 54 valence electrons. The molecule has 0 amide bonds. The van der Waals surface area contributed by atoms with Crippen molar-refractivity contribution in [1.82, 2.24) is 15.2 Å². The predicted octanol–water partition coefficient (Wildman–Crippen LogP) is 0.107. The highest BCUT2D eigenvalue weighted by Crippen LogP contribution is 1.76. The standard InChI is InChI=1S/C3H6N4.2ClH/c4-1-3-5-2-6-7-3;;/h2H,1,4H2,(H,5,6,7);2*1H. The predicted molar refractivity (Wildman–Crippen MR) is 38.8 cm³/mol. The van der Waals surface area contributed by atoms with Crippen LogP contribution in [0.1, 0.15) is 5.82 Å². The van der Waals surface area contributed by atoms with E-state index in [0.29, 0.717) is 6.54 Å². The zero-order valence-corrected chi connectivity index (χ0v) is 6.21. The van der Waals surface area contributed by atoms with Crippen molar-refractivity contribution in [2.75, 3.05) is 0 Å². The zero-order valence-electron chi connectivity index (χ0n) is 4.57. The van der Waals surface area contributed by atoms with Crippen molar-refractivity contribution in [2.45, 2.75) is 6.54 Å². The molecule has 0 saturated heterocycles. The van der Waals surface area contributed by atoms with Crippen LogP contribution in [0.15, 0.2) is 6.33 Å². The maximum atomic E-state index is 5.16. The molecule has 0 radical (unpaired) electrons. The lowest BCUT2D eigenvalue weighted by atomic mass is 10.6. The molecule has 0 unspecified atom stereocenters. The first-order valence-corrected chi connectivity index (χ1v) is 1.98. The van der Waals surface area contributed by atoms with E-state index in [1.165, 1.54) is 6.33 Å². The quantitative estimate of drug-likeness (QED) is 0.629. The number of halogens is 2. The lowest BCUT2D eigenvalue weighted by Crippen LogP contribution is -1.97. The van der Waals surface area contributed by atoms with Crippen LogP contribution in [-0.4, -0.2) is 15.2 Å². The summed E-state index contributed by atoms with van der Waals surface area (Å²) < 4.78 is 0. The number of hydrogen-bond acceptors (Lipinski definition) is 3. The molecule has 3 N–H and O–H groups in total. The van der Waals surface area contributed by atoms with Crippen molar-refractivity contribution in [3.8, 4) is 0 Å². The summed E-state index contributed by atoms with van der Waals surface area (Å²) in [4.78, 5) is 3.74. The fourth-order valence-electron chi connectivity index (χ4n) is 0.329. The van der Waals surface area contributed by atoms with E-state index in [4.69, 9.17) is 5.73 Å². The number of nitrogens with one attached hydrogen (secondary N) is 1. The molecule has 0 aliphatic carbocycles. The second-order valence-electron chi connectivity index (χ2n) is 1.14. The smallest absolute Gasteiger partial charge is 0.137 e. The van der Waals surface area contributed by atoms with E-state index in [2.05, 4.69) is 15.2 Å². The summed E-state index contributed by atoms with van der Waals surface area (Å²) in [6.07, 6.45) is 1.43. The Morgan fingerprint density at radius 3 is 2.44 bits per heavy atom. The van der Waals surface area contributed by atoms with Gasteiger partial charge in [0, 0.05) is 0 Å². The molecule has 0 aliphatic rings. The Bertz CT molecular complexity index is 128. The van der Waals surface area contributed by atoms with Crippen LogP contribution < -0.4 is 5.73 Å². The molecule has 0 aliphatic heterocycles. The van der Waals surface area contributed by atoms with Crippen LogP contribution in [0.5, 0.6) is 0 Å². The van der Waals surface area contributed by atoms with Gasteiger partial charge < -0.3 is 5.73 Å². The molecular formula is C3H8Cl2N4. The van der Waals surface area contributed by atoms with E-state index in [0.717, 1.165) is 5.82 Å². The Kier molecular flexibility index (Phi) is 7.41. The van der Waals surface area contributed by atoms with Gasteiger partial charge in [-0.1, -0.05) is 0 Å². The minimum absolute atomic E-state index is 0. The lowest BCUT2D eigenvalue weighted by Gasteiger charge is -1.78. The summed E-state index contributed by atoms with van der Waals surface area (Å²) in [6, 6.07) is 0. The molecule has 1 aromatic heterocycles. The fourth-order valence-corrected chi connectivity index (χ4v) is 0.329. The van der Waals surface area contributed by atoms with E-state index >= 15 is 0 Å². The summed E-state index contributed by atoms with van der Waals surface area (Å²) in [5.74, 6) is 0.722. The third-order valence-electron chi connectivity index (χ3n) is 0.658. The van der Waals surface area contributed by atoms with Crippen molar-refractivity contribution in [3.05, 3.63) is 12.2 Å². The Hall–Kier alpha value is -0.320. The Morgan fingerprint density at radius 2 is 2.22 bits per heavy atom. The highest BCUT2D eigenvalue weighted by atomic mass is 35.5. The molecule has 1 heterocycles. The molecule has 1 rings (SSSR count). The van der Waals surface area contributed by atoms with Gasteiger partial charge in [-0.25, -0.2) is 4.98 Å². The highest BCUT2D eigenvalue weighted by molar-refractivity contribution is 5.85. The van der Waals surface area contributed by atoms with E-state index in [1.807, 2.05) is 0 Å². The number of H-pyrrole nitrogens is 1. The molecule has 1 aromatic rings. The van der Waals surface area contributed by atoms with Crippen LogP contribution in [0.2, 0.25) is 0 Å². The van der Waals surface area contributed by atoms with E-state index in [9.17, 15) is 0 Å². The molecule has 4 nitrogen and oxygen atoms in total. The first-order valence-electron chi connectivity index (χ1n) is 1.98. The second-order valence-corrected chi connectivity index (χ2v) is 1.14. The summed E-state index contributed by atoms with van der Waals surface area (Å²) in [5.41, 5.74) is 5.16. The van der Waals surface area contributed by atoms with Gasteiger partial charge >= 0.3 is 0 Å². The molecule has 0 aromatic carbocycles. The maximum absolute atomic E-state index is 5.16. The zero-order chi connectivity index (χ0) is 5.11. The normalized spacial score (nSPS) is 7.22. The number of aromatic amines is 1. The molecule has 0 fully saturated rings. The average Bonchev–Trinajstić information content (AvgIpc) is 2.14. The van der Waals surface area contributed by atoms with Gasteiger partial charge in [0.1, 0.15) is 12.2 Å². The maximum Gasteiger partial charge on any atom is 0.137 e. The monoisotopic (exact) mass is 170 g/mol.